The maximum absolute atomic E-state index is 14.7. The number of hydrogen-bond acceptors (Lipinski definition) is 7. The van der Waals surface area contributed by atoms with Crippen LogP contribution in [0.15, 0.2) is 60.8 Å². The molecule has 2 aromatic carbocycles. The minimum absolute atomic E-state index is 0.00229. The Morgan fingerprint density at radius 1 is 1.09 bits per heavy atom. The Morgan fingerprint density at radius 2 is 1.82 bits per heavy atom. The van der Waals surface area contributed by atoms with E-state index in [1.807, 2.05) is 0 Å². The first-order chi connectivity index (χ1) is 20.7. The number of amides is 4. The Hall–Kier alpha value is -5.31. The van der Waals surface area contributed by atoms with Gasteiger partial charge in [-0.3, -0.25) is 14.6 Å². The van der Waals surface area contributed by atoms with Gasteiger partial charge in [0.15, 0.2) is 5.75 Å². The molecule has 7 N–H and O–H groups in total. The van der Waals surface area contributed by atoms with Crippen molar-refractivity contribution in [2.24, 2.45) is 11.5 Å². The van der Waals surface area contributed by atoms with Crippen LogP contribution in [0.25, 0.3) is 22.2 Å². The summed E-state index contributed by atoms with van der Waals surface area (Å²) in [6, 6.07) is 10.2. The molecule has 4 amide bonds. The molecular weight excluding hydrogens is 588 g/mol. The van der Waals surface area contributed by atoms with Crippen molar-refractivity contribution >= 4 is 34.4 Å². The highest BCUT2D eigenvalue weighted by Gasteiger charge is 2.69. The standard InChI is InChI=1S/C29H22F4N6O5/c30-16-5-3-13(4-6-16)22-23-17(27(25(34)41)11-20(27)44-23)10-19(39-22)28(43,29(31,32)33)12-37-24(40)15-8-14-2-1-7-36-21(14)18(9-15)38-26(35)42/h1-10,20,43H,11-12H2,(H2,34,41)(H,37,40)(H3,35,38,42)/t20?,27-,28?/m1/s1. The minimum Gasteiger partial charge on any atom is -0.486 e. The molecular formula is C29H22F4N6O5. The Balaban J connectivity index is 1.41. The van der Waals surface area contributed by atoms with Crippen molar-refractivity contribution in [1.82, 2.24) is 15.3 Å². The summed E-state index contributed by atoms with van der Waals surface area (Å²) in [6.45, 7) is -1.40. The molecule has 0 spiro atoms. The number of carbonyl (C=O) groups is 3. The lowest BCUT2D eigenvalue weighted by Crippen LogP contribution is -2.51. The van der Waals surface area contributed by atoms with Crippen LogP contribution in [0.1, 0.15) is 28.0 Å². The van der Waals surface area contributed by atoms with E-state index in [1.165, 1.54) is 30.5 Å². The third-order valence-corrected chi connectivity index (χ3v) is 7.79. The summed E-state index contributed by atoms with van der Waals surface area (Å²) in [5.41, 5.74) is 4.79. The van der Waals surface area contributed by atoms with Crippen LogP contribution in [-0.4, -0.2) is 51.7 Å². The molecule has 1 aliphatic heterocycles. The van der Waals surface area contributed by atoms with E-state index >= 15 is 0 Å². The van der Waals surface area contributed by atoms with Crippen LogP contribution in [0, 0.1) is 5.82 Å². The molecule has 44 heavy (non-hydrogen) atoms. The van der Waals surface area contributed by atoms with Gasteiger partial charge in [0.25, 0.3) is 5.91 Å². The first kappa shape index (κ1) is 28.8. The fourth-order valence-corrected chi connectivity index (χ4v) is 5.39. The van der Waals surface area contributed by atoms with Crippen molar-refractivity contribution in [2.75, 3.05) is 11.9 Å². The predicted octanol–water partition coefficient (Wildman–Crippen LogP) is 2.99. The highest BCUT2D eigenvalue weighted by atomic mass is 19.4. The molecule has 11 nitrogen and oxygen atoms in total. The molecule has 15 heteroatoms. The largest absolute Gasteiger partial charge is 0.486 e. The molecule has 0 bridgehead atoms. The summed E-state index contributed by atoms with van der Waals surface area (Å²) < 4.78 is 63.5. The van der Waals surface area contributed by atoms with Gasteiger partial charge in [-0.15, -0.1) is 0 Å². The molecule has 0 radical (unpaired) electrons. The quantitative estimate of drug-likeness (QED) is 0.199. The molecule has 1 aliphatic carbocycles. The van der Waals surface area contributed by atoms with E-state index in [1.54, 1.807) is 12.1 Å². The lowest BCUT2D eigenvalue weighted by atomic mass is 9.89. The van der Waals surface area contributed by atoms with Crippen molar-refractivity contribution in [1.29, 1.82) is 0 Å². The lowest BCUT2D eigenvalue weighted by Gasteiger charge is -2.31. The number of nitrogens with one attached hydrogen (secondary N) is 2. The van der Waals surface area contributed by atoms with E-state index in [9.17, 15) is 37.1 Å². The zero-order chi connectivity index (χ0) is 31.6. The van der Waals surface area contributed by atoms with Crippen molar-refractivity contribution in [3.63, 3.8) is 0 Å². The van der Waals surface area contributed by atoms with Crippen molar-refractivity contribution in [2.45, 2.75) is 29.7 Å². The number of primary amides is 2. The molecule has 6 rings (SSSR count). The number of hydrogen-bond donors (Lipinski definition) is 5. The average Bonchev–Trinajstić information content (AvgIpc) is 3.61. The number of urea groups is 1. The number of pyridine rings is 2. The van der Waals surface area contributed by atoms with Crippen LogP contribution in [0.4, 0.5) is 28.0 Å². The molecule has 1 fully saturated rings. The lowest BCUT2D eigenvalue weighted by molar-refractivity contribution is -0.265. The second-order valence-corrected chi connectivity index (χ2v) is 10.5. The van der Waals surface area contributed by atoms with E-state index in [4.69, 9.17) is 16.2 Å². The van der Waals surface area contributed by atoms with Gasteiger partial charge in [-0.1, -0.05) is 6.07 Å². The number of halogens is 4. The van der Waals surface area contributed by atoms with Crippen LogP contribution in [-0.2, 0) is 15.8 Å². The van der Waals surface area contributed by atoms with Gasteiger partial charge in [0, 0.05) is 34.7 Å². The normalized spacial score (nSPS) is 19.7. The van der Waals surface area contributed by atoms with Crippen LogP contribution in [0.3, 0.4) is 0 Å². The van der Waals surface area contributed by atoms with E-state index < -0.39 is 59.2 Å². The van der Waals surface area contributed by atoms with Gasteiger partial charge in [0.2, 0.25) is 11.5 Å². The molecule has 226 valence electrons. The number of fused-ring (bicyclic) bond motifs is 4. The molecule has 3 atom stereocenters. The molecule has 3 heterocycles. The maximum atomic E-state index is 14.7. The summed E-state index contributed by atoms with van der Waals surface area (Å²) in [5.74, 6) is -2.50. The number of rotatable bonds is 7. The highest BCUT2D eigenvalue weighted by molar-refractivity contribution is 6.05. The molecule has 2 aromatic heterocycles. The van der Waals surface area contributed by atoms with Gasteiger partial charge in [-0.05, 0) is 48.5 Å². The highest BCUT2D eigenvalue weighted by Crippen LogP contribution is 2.61. The SMILES string of the molecule is NC(=O)Nc1cc(C(=O)NCC(O)(c2cc3c(c(-c4ccc(F)cc4)n2)OC2C[C@@]32C(N)=O)C(F)(F)F)cc2cccnc12. The Labute approximate surface area is 245 Å². The predicted molar refractivity (Wildman–Crippen MR) is 147 cm³/mol. The summed E-state index contributed by atoms with van der Waals surface area (Å²) in [7, 11) is 0. The fourth-order valence-electron chi connectivity index (χ4n) is 5.39. The zero-order valence-corrected chi connectivity index (χ0v) is 22.4. The second-order valence-electron chi connectivity index (χ2n) is 10.5. The van der Waals surface area contributed by atoms with Crippen LogP contribution < -0.4 is 26.8 Å². The molecule has 2 aliphatic rings. The Morgan fingerprint density at radius 3 is 2.48 bits per heavy atom. The summed E-state index contributed by atoms with van der Waals surface area (Å²) in [6.07, 6.45) is -4.59. The van der Waals surface area contributed by atoms with Crippen molar-refractivity contribution < 1.29 is 41.8 Å². The fraction of sp³-hybridized carbons (Fsp3) is 0.207. The molecule has 0 saturated heterocycles. The molecule has 2 unspecified atom stereocenters. The van der Waals surface area contributed by atoms with Gasteiger partial charge in [0.05, 0.1) is 23.4 Å². The summed E-state index contributed by atoms with van der Waals surface area (Å²) in [4.78, 5) is 45.3. The zero-order valence-electron chi connectivity index (χ0n) is 22.4. The molecule has 1 saturated carbocycles. The van der Waals surface area contributed by atoms with Crippen molar-refractivity contribution in [3.05, 3.63) is 83.4 Å². The third kappa shape index (κ3) is 4.52. The number of ether oxygens (including phenoxy) is 1. The van der Waals surface area contributed by atoms with Gasteiger partial charge in [-0.2, -0.15) is 13.2 Å². The average molecular weight is 611 g/mol. The van der Waals surface area contributed by atoms with Gasteiger partial charge >= 0.3 is 12.2 Å². The van der Waals surface area contributed by atoms with Gasteiger partial charge < -0.3 is 31.9 Å². The first-order valence-electron chi connectivity index (χ1n) is 13.1. The van der Waals surface area contributed by atoms with Crippen molar-refractivity contribution in [3.8, 4) is 17.0 Å². The van der Waals surface area contributed by atoms with Gasteiger partial charge in [0.1, 0.15) is 23.0 Å². The number of benzene rings is 2. The van der Waals surface area contributed by atoms with E-state index in [2.05, 4.69) is 20.6 Å². The first-order valence-corrected chi connectivity index (χ1v) is 13.1. The Bertz CT molecular complexity index is 1870. The summed E-state index contributed by atoms with van der Waals surface area (Å²) >= 11 is 0. The van der Waals surface area contributed by atoms with Crippen LogP contribution in [0.5, 0.6) is 5.75 Å². The third-order valence-electron chi connectivity index (χ3n) is 7.79. The van der Waals surface area contributed by atoms with E-state index in [-0.39, 0.29) is 45.8 Å². The monoisotopic (exact) mass is 610 g/mol. The number of carbonyl (C=O) groups excluding carboxylic acids is 3. The maximum Gasteiger partial charge on any atom is 0.424 e. The molecule has 4 aromatic rings. The van der Waals surface area contributed by atoms with E-state index in [0.29, 0.717) is 5.39 Å². The van der Waals surface area contributed by atoms with E-state index in [0.717, 1.165) is 18.2 Å². The number of aliphatic hydroxyl groups is 1. The number of nitrogens with two attached hydrogens (primary N) is 2. The number of nitrogens with zero attached hydrogens (tertiary/aromatic N) is 2. The minimum atomic E-state index is -5.39. The second kappa shape index (κ2) is 9.87. The number of aromatic nitrogens is 2. The number of alkyl halides is 3. The van der Waals surface area contributed by atoms with Crippen LogP contribution in [0.2, 0.25) is 0 Å². The topological polar surface area (TPSA) is 183 Å². The van der Waals surface area contributed by atoms with Crippen LogP contribution >= 0.6 is 0 Å². The number of anilines is 1. The van der Waals surface area contributed by atoms with Gasteiger partial charge in [-0.25, -0.2) is 14.2 Å². The Kier molecular flexibility index (Phi) is 6.46. The smallest absolute Gasteiger partial charge is 0.424 e. The summed E-state index contributed by atoms with van der Waals surface area (Å²) in [5, 5.41) is 16.0.